The van der Waals surface area contributed by atoms with Crippen molar-refractivity contribution in [3.8, 4) is 0 Å². The lowest BCUT2D eigenvalue weighted by atomic mass is 9.91. The summed E-state index contributed by atoms with van der Waals surface area (Å²) in [5.74, 6) is -0.0691. The van der Waals surface area contributed by atoms with E-state index in [2.05, 4.69) is 15.5 Å². The SMILES string of the molecule is CCC1(O)CN(C(=O)Cn2cnnn2)C1. The molecule has 1 fully saturated rings. The molecule has 1 aliphatic heterocycles. The molecule has 0 aromatic carbocycles. The van der Waals surface area contributed by atoms with Crippen LogP contribution in [0.25, 0.3) is 0 Å². The molecule has 0 spiro atoms. The standard InChI is InChI=1S/C8H13N5O2/c1-2-8(15)4-12(5-8)7(14)3-13-6-9-10-11-13/h6,15H,2-5H2,1H3. The lowest BCUT2D eigenvalue weighted by Gasteiger charge is -2.46. The molecule has 0 aliphatic carbocycles. The highest BCUT2D eigenvalue weighted by Gasteiger charge is 2.41. The summed E-state index contributed by atoms with van der Waals surface area (Å²) in [5, 5.41) is 20.2. The fourth-order valence-electron chi connectivity index (χ4n) is 1.56. The average Bonchev–Trinajstić information content (AvgIpc) is 2.65. The number of aliphatic hydroxyl groups is 1. The van der Waals surface area contributed by atoms with Crippen molar-refractivity contribution in [1.29, 1.82) is 0 Å². The van der Waals surface area contributed by atoms with E-state index in [1.807, 2.05) is 6.92 Å². The van der Waals surface area contributed by atoms with E-state index < -0.39 is 5.60 Å². The van der Waals surface area contributed by atoms with Crippen LogP contribution in [-0.4, -0.2) is 54.8 Å². The van der Waals surface area contributed by atoms with Gasteiger partial charge in [-0.1, -0.05) is 6.92 Å². The first-order chi connectivity index (χ1) is 7.13. The average molecular weight is 211 g/mol. The third-order valence-corrected chi connectivity index (χ3v) is 2.67. The fraction of sp³-hybridized carbons (Fsp3) is 0.750. The van der Waals surface area contributed by atoms with Crippen molar-refractivity contribution in [2.75, 3.05) is 13.1 Å². The van der Waals surface area contributed by atoms with Gasteiger partial charge < -0.3 is 10.0 Å². The Labute approximate surface area is 86.7 Å². The highest BCUT2D eigenvalue weighted by Crippen LogP contribution is 2.23. The van der Waals surface area contributed by atoms with E-state index in [-0.39, 0.29) is 12.5 Å². The van der Waals surface area contributed by atoms with Gasteiger partial charge in [0.05, 0.1) is 18.7 Å². The van der Waals surface area contributed by atoms with Crippen LogP contribution in [0.5, 0.6) is 0 Å². The number of tetrazole rings is 1. The monoisotopic (exact) mass is 211 g/mol. The fourth-order valence-corrected chi connectivity index (χ4v) is 1.56. The molecule has 7 nitrogen and oxygen atoms in total. The molecule has 0 radical (unpaired) electrons. The van der Waals surface area contributed by atoms with Crippen molar-refractivity contribution in [2.24, 2.45) is 0 Å². The molecule has 15 heavy (non-hydrogen) atoms. The molecule has 0 atom stereocenters. The first-order valence-corrected chi connectivity index (χ1v) is 4.84. The van der Waals surface area contributed by atoms with Crippen molar-refractivity contribution < 1.29 is 9.90 Å². The van der Waals surface area contributed by atoms with Crippen molar-refractivity contribution >= 4 is 5.91 Å². The van der Waals surface area contributed by atoms with Crippen LogP contribution in [0.3, 0.4) is 0 Å². The number of aromatic nitrogens is 4. The van der Waals surface area contributed by atoms with E-state index in [1.165, 1.54) is 11.0 Å². The Bertz CT molecular complexity index is 344. The molecule has 0 saturated carbocycles. The molecule has 1 aromatic heterocycles. The van der Waals surface area contributed by atoms with Crippen LogP contribution in [-0.2, 0) is 11.3 Å². The maximum Gasteiger partial charge on any atom is 0.244 e. The number of rotatable bonds is 3. The maximum atomic E-state index is 11.6. The predicted molar refractivity (Wildman–Crippen MR) is 49.6 cm³/mol. The number of β-amino-alcohol motifs (C(OH)–C–C–N with tert-alkyl or cyclic N) is 1. The second-order valence-electron chi connectivity index (χ2n) is 3.84. The molecule has 82 valence electrons. The van der Waals surface area contributed by atoms with E-state index in [0.717, 1.165) is 0 Å². The van der Waals surface area contributed by atoms with E-state index in [4.69, 9.17) is 0 Å². The molecular formula is C8H13N5O2. The van der Waals surface area contributed by atoms with E-state index in [1.54, 1.807) is 4.90 Å². The van der Waals surface area contributed by atoms with Crippen LogP contribution in [0.15, 0.2) is 6.33 Å². The van der Waals surface area contributed by atoms with Crippen LogP contribution in [0.4, 0.5) is 0 Å². The molecule has 1 saturated heterocycles. The normalized spacial score (nSPS) is 18.7. The van der Waals surface area contributed by atoms with Gasteiger partial charge in [-0.3, -0.25) is 4.79 Å². The zero-order chi connectivity index (χ0) is 10.9. The topological polar surface area (TPSA) is 84.1 Å². The van der Waals surface area contributed by atoms with Gasteiger partial charge in [-0.15, -0.1) is 5.10 Å². The minimum atomic E-state index is -0.684. The van der Waals surface area contributed by atoms with Gasteiger partial charge >= 0.3 is 0 Å². The largest absolute Gasteiger partial charge is 0.386 e. The van der Waals surface area contributed by atoms with Crippen LogP contribution in [0, 0.1) is 0 Å². The van der Waals surface area contributed by atoms with Crippen LogP contribution < -0.4 is 0 Å². The van der Waals surface area contributed by atoms with E-state index >= 15 is 0 Å². The molecule has 0 unspecified atom stereocenters. The summed E-state index contributed by atoms with van der Waals surface area (Å²) in [4.78, 5) is 13.2. The quantitative estimate of drug-likeness (QED) is 0.668. The molecular weight excluding hydrogens is 198 g/mol. The smallest absolute Gasteiger partial charge is 0.244 e. The minimum Gasteiger partial charge on any atom is -0.386 e. The number of nitrogens with zero attached hydrogens (tertiary/aromatic N) is 5. The molecule has 1 N–H and O–H groups in total. The lowest BCUT2D eigenvalue weighted by Crippen LogP contribution is -2.63. The summed E-state index contributed by atoms with van der Waals surface area (Å²) in [6.07, 6.45) is 2.06. The summed E-state index contributed by atoms with van der Waals surface area (Å²) in [7, 11) is 0. The Morgan fingerprint density at radius 3 is 2.87 bits per heavy atom. The van der Waals surface area contributed by atoms with Crippen molar-refractivity contribution in [1.82, 2.24) is 25.1 Å². The summed E-state index contributed by atoms with van der Waals surface area (Å²) in [6, 6.07) is 0. The van der Waals surface area contributed by atoms with Crippen LogP contribution >= 0.6 is 0 Å². The van der Waals surface area contributed by atoms with E-state index in [0.29, 0.717) is 19.5 Å². The van der Waals surface area contributed by atoms with Gasteiger partial charge in [0, 0.05) is 0 Å². The number of carbonyl (C=O) groups excluding carboxylic acids is 1. The third kappa shape index (κ3) is 1.96. The summed E-state index contributed by atoms with van der Waals surface area (Å²) in [5.41, 5.74) is -0.684. The molecule has 1 aliphatic rings. The molecule has 1 amide bonds. The van der Waals surface area contributed by atoms with Crippen LogP contribution in [0.2, 0.25) is 0 Å². The number of hydrogen-bond donors (Lipinski definition) is 1. The van der Waals surface area contributed by atoms with Crippen LogP contribution in [0.1, 0.15) is 13.3 Å². The Kier molecular flexibility index (Phi) is 2.39. The Morgan fingerprint density at radius 2 is 2.33 bits per heavy atom. The maximum absolute atomic E-state index is 11.6. The predicted octanol–water partition coefficient (Wildman–Crippen LogP) is -1.34. The molecule has 1 aromatic rings. The van der Waals surface area contributed by atoms with E-state index in [9.17, 15) is 9.90 Å². The van der Waals surface area contributed by atoms with Gasteiger partial charge in [-0.25, -0.2) is 4.68 Å². The van der Waals surface area contributed by atoms with Crippen molar-refractivity contribution in [2.45, 2.75) is 25.5 Å². The molecule has 2 rings (SSSR count). The number of likely N-dealkylation sites (tertiary alicyclic amines) is 1. The summed E-state index contributed by atoms with van der Waals surface area (Å²) >= 11 is 0. The molecule has 2 heterocycles. The summed E-state index contributed by atoms with van der Waals surface area (Å²) in [6.45, 7) is 2.85. The van der Waals surface area contributed by atoms with Gasteiger partial charge in [-0.2, -0.15) is 0 Å². The molecule has 7 heteroatoms. The first kappa shape index (κ1) is 10.0. The Hall–Kier alpha value is -1.50. The highest BCUT2D eigenvalue weighted by atomic mass is 16.3. The second kappa shape index (κ2) is 3.58. The second-order valence-corrected chi connectivity index (χ2v) is 3.84. The number of amides is 1. The molecule has 0 bridgehead atoms. The minimum absolute atomic E-state index is 0.0691. The van der Waals surface area contributed by atoms with Crippen molar-refractivity contribution in [3.05, 3.63) is 6.33 Å². The number of carbonyl (C=O) groups is 1. The van der Waals surface area contributed by atoms with Gasteiger partial charge in [-0.05, 0) is 16.8 Å². The lowest BCUT2D eigenvalue weighted by molar-refractivity contribution is -0.156. The highest BCUT2D eigenvalue weighted by molar-refractivity contribution is 5.77. The van der Waals surface area contributed by atoms with Gasteiger partial charge in [0.15, 0.2) is 0 Å². The van der Waals surface area contributed by atoms with Gasteiger partial charge in [0.25, 0.3) is 0 Å². The first-order valence-electron chi connectivity index (χ1n) is 4.84. The zero-order valence-electron chi connectivity index (χ0n) is 8.50. The Balaban J connectivity index is 1.85. The van der Waals surface area contributed by atoms with Gasteiger partial charge in [0.2, 0.25) is 5.91 Å². The Morgan fingerprint density at radius 1 is 1.60 bits per heavy atom. The van der Waals surface area contributed by atoms with Gasteiger partial charge in [0.1, 0.15) is 12.9 Å². The van der Waals surface area contributed by atoms with Crippen molar-refractivity contribution in [3.63, 3.8) is 0 Å². The zero-order valence-corrected chi connectivity index (χ0v) is 8.50. The summed E-state index contributed by atoms with van der Waals surface area (Å²) < 4.78 is 1.37. The number of hydrogen-bond acceptors (Lipinski definition) is 5. The third-order valence-electron chi connectivity index (χ3n) is 2.67.